The van der Waals surface area contributed by atoms with Crippen LogP contribution in [-0.4, -0.2) is 59.5 Å². The predicted molar refractivity (Wildman–Crippen MR) is 76.4 cm³/mol. The van der Waals surface area contributed by atoms with Gasteiger partial charge in [-0.2, -0.15) is 0 Å². The van der Waals surface area contributed by atoms with Gasteiger partial charge >= 0.3 is 5.97 Å². The first-order valence-corrected chi connectivity index (χ1v) is 7.64. The standard InChI is InChI=1S/C15H26N2O3/c1-12-4-8-17(9-5-12)13(18)10-16-7-3-6-15(2,11-16)14(19)20/h12H,3-11H2,1-2H3,(H,19,20). The zero-order valence-corrected chi connectivity index (χ0v) is 12.6. The van der Waals surface area contributed by atoms with Gasteiger partial charge in [-0.05, 0) is 45.1 Å². The number of hydrogen-bond acceptors (Lipinski definition) is 3. The van der Waals surface area contributed by atoms with E-state index in [0.29, 0.717) is 25.4 Å². The lowest BCUT2D eigenvalue weighted by molar-refractivity contribution is -0.152. The third-order valence-corrected chi connectivity index (χ3v) is 4.79. The van der Waals surface area contributed by atoms with Gasteiger partial charge in [0.25, 0.3) is 0 Å². The molecule has 0 aromatic rings. The molecule has 0 radical (unpaired) electrons. The van der Waals surface area contributed by atoms with Crippen molar-refractivity contribution >= 4 is 11.9 Å². The lowest BCUT2D eigenvalue weighted by atomic mass is 9.82. The average molecular weight is 282 g/mol. The Morgan fingerprint density at radius 1 is 1.25 bits per heavy atom. The van der Waals surface area contributed by atoms with Crippen LogP contribution in [0.2, 0.25) is 0 Å². The highest BCUT2D eigenvalue weighted by Crippen LogP contribution is 2.29. The molecular formula is C15H26N2O3. The van der Waals surface area contributed by atoms with Crippen LogP contribution < -0.4 is 0 Å². The number of carbonyl (C=O) groups is 2. The summed E-state index contributed by atoms with van der Waals surface area (Å²) in [5.74, 6) is 0.123. The number of aliphatic carboxylic acids is 1. The lowest BCUT2D eigenvalue weighted by Crippen LogP contribution is -2.50. The van der Waals surface area contributed by atoms with E-state index in [-0.39, 0.29) is 5.91 Å². The summed E-state index contributed by atoms with van der Waals surface area (Å²) in [6.07, 6.45) is 3.72. The Balaban J connectivity index is 1.86. The number of rotatable bonds is 3. The zero-order chi connectivity index (χ0) is 14.8. The van der Waals surface area contributed by atoms with E-state index in [0.717, 1.165) is 38.9 Å². The summed E-state index contributed by atoms with van der Waals surface area (Å²) in [6, 6.07) is 0. The van der Waals surface area contributed by atoms with Gasteiger partial charge in [0.2, 0.25) is 5.91 Å². The maximum Gasteiger partial charge on any atom is 0.310 e. The first-order chi connectivity index (χ1) is 9.40. The maximum absolute atomic E-state index is 12.3. The molecule has 2 saturated heterocycles. The van der Waals surface area contributed by atoms with Gasteiger partial charge in [-0.3, -0.25) is 14.5 Å². The van der Waals surface area contributed by atoms with Gasteiger partial charge in [-0.25, -0.2) is 0 Å². The Labute approximate surface area is 120 Å². The van der Waals surface area contributed by atoms with E-state index in [9.17, 15) is 14.7 Å². The van der Waals surface area contributed by atoms with E-state index in [1.807, 2.05) is 9.80 Å². The Kier molecular flexibility index (Phi) is 4.68. The molecule has 114 valence electrons. The average Bonchev–Trinajstić information content (AvgIpc) is 2.39. The number of nitrogens with zero attached hydrogens (tertiary/aromatic N) is 2. The molecule has 1 N–H and O–H groups in total. The van der Waals surface area contributed by atoms with Crippen molar-refractivity contribution in [1.29, 1.82) is 0 Å². The predicted octanol–water partition coefficient (Wildman–Crippen LogP) is 1.43. The van der Waals surface area contributed by atoms with Crippen molar-refractivity contribution in [3.63, 3.8) is 0 Å². The first-order valence-electron chi connectivity index (χ1n) is 7.64. The number of amides is 1. The Hall–Kier alpha value is -1.10. The number of carbonyl (C=O) groups excluding carboxylic acids is 1. The highest BCUT2D eigenvalue weighted by molar-refractivity contribution is 5.79. The van der Waals surface area contributed by atoms with Gasteiger partial charge in [-0.1, -0.05) is 6.92 Å². The highest BCUT2D eigenvalue weighted by Gasteiger charge is 2.38. The largest absolute Gasteiger partial charge is 0.481 e. The van der Waals surface area contributed by atoms with Gasteiger partial charge in [-0.15, -0.1) is 0 Å². The molecule has 0 aliphatic carbocycles. The molecule has 1 unspecified atom stereocenters. The van der Waals surface area contributed by atoms with E-state index < -0.39 is 11.4 Å². The molecule has 5 heteroatoms. The van der Waals surface area contributed by atoms with Gasteiger partial charge in [0.15, 0.2) is 0 Å². The highest BCUT2D eigenvalue weighted by atomic mass is 16.4. The minimum Gasteiger partial charge on any atom is -0.481 e. The van der Waals surface area contributed by atoms with Crippen LogP contribution in [0.4, 0.5) is 0 Å². The summed E-state index contributed by atoms with van der Waals surface area (Å²) in [6.45, 7) is 7.40. The summed E-state index contributed by atoms with van der Waals surface area (Å²) >= 11 is 0. The van der Waals surface area contributed by atoms with Crippen LogP contribution in [-0.2, 0) is 9.59 Å². The second-order valence-electron chi connectivity index (χ2n) is 6.74. The molecule has 0 aromatic carbocycles. The van der Waals surface area contributed by atoms with E-state index >= 15 is 0 Å². The van der Waals surface area contributed by atoms with Crippen LogP contribution in [0, 0.1) is 11.3 Å². The molecule has 0 bridgehead atoms. The first kappa shape index (κ1) is 15.3. The molecule has 0 aromatic heterocycles. The molecule has 2 aliphatic heterocycles. The maximum atomic E-state index is 12.3. The molecule has 2 aliphatic rings. The molecule has 1 atom stereocenters. The van der Waals surface area contributed by atoms with E-state index in [1.165, 1.54) is 0 Å². The Morgan fingerprint density at radius 2 is 1.90 bits per heavy atom. The summed E-state index contributed by atoms with van der Waals surface area (Å²) in [4.78, 5) is 27.6. The summed E-state index contributed by atoms with van der Waals surface area (Å²) < 4.78 is 0. The normalized spacial score (nSPS) is 29.4. The monoisotopic (exact) mass is 282 g/mol. The van der Waals surface area contributed by atoms with Crippen molar-refractivity contribution in [1.82, 2.24) is 9.80 Å². The molecule has 2 rings (SSSR count). The number of hydrogen-bond donors (Lipinski definition) is 1. The van der Waals surface area contributed by atoms with Crippen LogP contribution in [0.5, 0.6) is 0 Å². The Bertz CT molecular complexity index is 377. The minimum absolute atomic E-state index is 0.159. The van der Waals surface area contributed by atoms with Gasteiger partial charge in [0.1, 0.15) is 0 Å². The third-order valence-electron chi connectivity index (χ3n) is 4.79. The summed E-state index contributed by atoms with van der Waals surface area (Å²) in [5, 5.41) is 9.31. The fourth-order valence-corrected chi connectivity index (χ4v) is 3.20. The third kappa shape index (κ3) is 3.51. The van der Waals surface area contributed by atoms with Crippen molar-refractivity contribution < 1.29 is 14.7 Å². The van der Waals surface area contributed by atoms with Crippen molar-refractivity contribution in [2.45, 2.75) is 39.5 Å². The molecule has 5 nitrogen and oxygen atoms in total. The van der Waals surface area contributed by atoms with Crippen LogP contribution >= 0.6 is 0 Å². The number of carboxylic acid groups (broad SMARTS) is 1. The van der Waals surface area contributed by atoms with Crippen LogP contribution in [0.15, 0.2) is 0 Å². The molecule has 0 saturated carbocycles. The van der Waals surface area contributed by atoms with Gasteiger partial charge in [0.05, 0.1) is 12.0 Å². The molecular weight excluding hydrogens is 256 g/mol. The molecule has 2 fully saturated rings. The van der Waals surface area contributed by atoms with Gasteiger partial charge < -0.3 is 10.0 Å². The van der Waals surface area contributed by atoms with Crippen molar-refractivity contribution in [2.75, 3.05) is 32.7 Å². The fourth-order valence-electron chi connectivity index (χ4n) is 3.20. The molecule has 1 amide bonds. The Morgan fingerprint density at radius 3 is 2.50 bits per heavy atom. The number of carboxylic acids is 1. The fraction of sp³-hybridized carbons (Fsp3) is 0.867. The van der Waals surface area contributed by atoms with Gasteiger partial charge in [0, 0.05) is 19.6 Å². The smallest absolute Gasteiger partial charge is 0.310 e. The van der Waals surface area contributed by atoms with Crippen LogP contribution in [0.3, 0.4) is 0 Å². The number of piperidine rings is 2. The van der Waals surface area contributed by atoms with Crippen molar-refractivity contribution in [3.05, 3.63) is 0 Å². The molecule has 20 heavy (non-hydrogen) atoms. The van der Waals surface area contributed by atoms with Crippen LogP contribution in [0.1, 0.15) is 39.5 Å². The number of likely N-dealkylation sites (tertiary alicyclic amines) is 2. The van der Waals surface area contributed by atoms with E-state index in [2.05, 4.69) is 6.92 Å². The molecule has 2 heterocycles. The second kappa shape index (κ2) is 6.12. The zero-order valence-electron chi connectivity index (χ0n) is 12.6. The summed E-state index contributed by atoms with van der Waals surface area (Å²) in [7, 11) is 0. The lowest BCUT2D eigenvalue weighted by Gasteiger charge is -2.38. The van der Waals surface area contributed by atoms with E-state index in [1.54, 1.807) is 6.92 Å². The SMILES string of the molecule is CC1CCN(C(=O)CN2CCCC(C)(C(=O)O)C2)CC1. The second-order valence-corrected chi connectivity index (χ2v) is 6.74. The van der Waals surface area contributed by atoms with Crippen LogP contribution in [0.25, 0.3) is 0 Å². The minimum atomic E-state index is -0.749. The summed E-state index contributed by atoms with van der Waals surface area (Å²) in [5.41, 5.74) is -0.699. The van der Waals surface area contributed by atoms with E-state index in [4.69, 9.17) is 0 Å². The van der Waals surface area contributed by atoms with Crippen molar-refractivity contribution in [2.24, 2.45) is 11.3 Å². The quantitative estimate of drug-likeness (QED) is 0.850. The molecule has 0 spiro atoms. The van der Waals surface area contributed by atoms with Crippen molar-refractivity contribution in [3.8, 4) is 0 Å². The topological polar surface area (TPSA) is 60.9 Å².